The summed E-state index contributed by atoms with van der Waals surface area (Å²) in [6.07, 6.45) is 4.78. The number of nitrogens with one attached hydrogen (secondary N) is 1. The van der Waals surface area contributed by atoms with Gasteiger partial charge in [-0.2, -0.15) is 0 Å². The molecule has 22 heavy (non-hydrogen) atoms. The molecule has 0 spiro atoms. The zero-order valence-corrected chi connectivity index (χ0v) is 14.0. The maximum absolute atomic E-state index is 11.6. The standard InChI is InChI=1S/C17H27N3O2/c1-12-5-10-15(18-11-12)19-13-6-8-14(9-7-13)20(16(21)22)17(2,3)4/h5,10-11,13-14H,6-9H2,1-4H3,(H,18,19)(H,21,22)/t13-,14-. The Morgan fingerprint density at radius 3 is 2.36 bits per heavy atom. The van der Waals surface area contributed by atoms with Gasteiger partial charge in [0.15, 0.2) is 0 Å². The van der Waals surface area contributed by atoms with E-state index in [4.69, 9.17) is 0 Å². The number of hydrogen-bond acceptors (Lipinski definition) is 3. The van der Waals surface area contributed by atoms with Crippen molar-refractivity contribution in [2.24, 2.45) is 0 Å². The monoisotopic (exact) mass is 305 g/mol. The van der Waals surface area contributed by atoms with Gasteiger partial charge in [0.2, 0.25) is 0 Å². The summed E-state index contributed by atoms with van der Waals surface area (Å²) in [5.41, 5.74) is 0.798. The SMILES string of the molecule is Cc1ccc(N[C@H]2CC[C@H](N(C(=O)O)C(C)(C)C)CC2)nc1. The Hall–Kier alpha value is -1.78. The van der Waals surface area contributed by atoms with Crippen LogP contribution in [0.15, 0.2) is 18.3 Å². The first-order valence-electron chi connectivity index (χ1n) is 7.99. The van der Waals surface area contributed by atoms with E-state index in [1.54, 1.807) is 4.90 Å². The first-order chi connectivity index (χ1) is 10.3. The van der Waals surface area contributed by atoms with Crippen molar-refractivity contribution < 1.29 is 9.90 Å². The lowest BCUT2D eigenvalue weighted by atomic mass is 9.88. The number of amides is 1. The summed E-state index contributed by atoms with van der Waals surface area (Å²) in [6, 6.07) is 4.54. The van der Waals surface area contributed by atoms with E-state index in [0.717, 1.165) is 37.1 Å². The molecule has 2 N–H and O–H groups in total. The molecule has 1 aromatic heterocycles. The van der Waals surface area contributed by atoms with Crippen LogP contribution < -0.4 is 5.32 Å². The molecule has 0 bridgehead atoms. The number of aromatic nitrogens is 1. The number of rotatable bonds is 3. The van der Waals surface area contributed by atoms with Gasteiger partial charge in [0.25, 0.3) is 0 Å². The molecule has 5 heteroatoms. The second-order valence-corrected chi connectivity index (χ2v) is 7.19. The number of aryl methyl sites for hydroxylation is 1. The topological polar surface area (TPSA) is 65.5 Å². The van der Waals surface area contributed by atoms with Crippen LogP contribution in [0.3, 0.4) is 0 Å². The average Bonchev–Trinajstić information content (AvgIpc) is 2.41. The molecule has 0 atom stereocenters. The second-order valence-electron chi connectivity index (χ2n) is 7.19. The Bertz CT molecular complexity index is 500. The third-order valence-corrected chi connectivity index (χ3v) is 4.25. The van der Waals surface area contributed by atoms with Crippen molar-refractivity contribution in [3.8, 4) is 0 Å². The Balaban J connectivity index is 1.92. The van der Waals surface area contributed by atoms with Crippen LogP contribution in [0.25, 0.3) is 0 Å². The summed E-state index contributed by atoms with van der Waals surface area (Å²) in [4.78, 5) is 17.5. The average molecular weight is 305 g/mol. The highest BCUT2D eigenvalue weighted by molar-refractivity contribution is 5.66. The molecular weight excluding hydrogens is 278 g/mol. The van der Waals surface area contributed by atoms with Crippen LogP contribution in [0, 0.1) is 6.92 Å². The lowest BCUT2D eigenvalue weighted by Gasteiger charge is -2.42. The van der Waals surface area contributed by atoms with Gasteiger partial charge in [-0.1, -0.05) is 6.07 Å². The lowest BCUT2D eigenvalue weighted by Crippen LogP contribution is -2.52. The molecule has 122 valence electrons. The van der Waals surface area contributed by atoms with Gasteiger partial charge < -0.3 is 15.3 Å². The number of carbonyl (C=O) groups is 1. The predicted molar refractivity (Wildman–Crippen MR) is 88.3 cm³/mol. The van der Waals surface area contributed by atoms with Crippen LogP contribution >= 0.6 is 0 Å². The molecule has 0 aliphatic heterocycles. The first kappa shape index (κ1) is 16.6. The van der Waals surface area contributed by atoms with Gasteiger partial charge >= 0.3 is 6.09 Å². The van der Waals surface area contributed by atoms with E-state index in [1.807, 2.05) is 46.0 Å². The fourth-order valence-electron chi connectivity index (χ4n) is 3.23. The fourth-order valence-corrected chi connectivity index (χ4v) is 3.23. The van der Waals surface area contributed by atoms with Crippen molar-refractivity contribution >= 4 is 11.9 Å². The zero-order chi connectivity index (χ0) is 16.3. The maximum atomic E-state index is 11.6. The van der Waals surface area contributed by atoms with Crippen molar-refractivity contribution in [3.05, 3.63) is 23.9 Å². The number of anilines is 1. The maximum Gasteiger partial charge on any atom is 0.407 e. The molecule has 1 heterocycles. The summed E-state index contributed by atoms with van der Waals surface area (Å²) in [7, 11) is 0. The van der Waals surface area contributed by atoms with E-state index in [0.29, 0.717) is 6.04 Å². The van der Waals surface area contributed by atoms with Gasteiger partial charge in [0, 0.05) is 23.8 Å². The summed E-state index contributed by atoms with van der Waals surface area (Å²) < 4.78 is 0. The Labute approximate surface area is 132 Å². The summed E-state index contributed by atoms with van der Waals surface area (Å²) in [5, 5.41) is 12.9. The van der Waals surface area contributed by atoms with Crippen LogP contribution in [-0.4, -0.2) is 38.7 Å². The third-order valence-electron chi connectivity index (χ3n) is 4.25. The predicted octanol–water partition coefficient (Wildman–Crippen LogP) is 3.89. The highest BCUT2D eigenvalue weighted by Crippen LogP contribution is 2.29. The molecule has 1 saturated carbocycles. The molecule has 1 amide bonds. The van der Waals surface area contributed by atoms with Crippen molar-refractivity contribution in [2.75, 3.05) is 5.32 Å². The summed E-state index contributed by atoms with van der Waals surface area (Å²) in [5.74, 6) is 0.903. The highest BCUT2D eigenvalue weighted by Gasteiger charge is 2.35. The number of pyridine rings is 1. The van der Waals surface area contributed by atoms with E-state index in [1.165, 1.54) is 0 Å². The van der Waals surface area contributed by atoms with E-state index >= 15 is 0 Å². The fraction of sp³-hybridized carbons (Fsp3) is 0.647. The Morgan fingerprint density at radius 2 is 1.91 bits per heavy atom. The third kappa shape index (κ3) is 4.12. The van der Waals surface area contributed by atoms with Gasteiger partial charge in [-0.05, 0) is 65.0 Å². The molecule has 0 aromatic carbocycles. The van der Waals surface area contributed by atoms with Crippen molar-refractivity contribution in [2.45, 2.75) is 71.0 Å². The number of nitrogens with zero attached hydrogens (tertiary/aromatic N) is 2. The van der Waals surface area contributed by atoms with Crippen molar-refractivity contribution in [1.29, 1.82) is 0 Å². The first-order valence-corrected chi connectivity index (χ1v) is 7.99. The molecule has 2 rings (SSSR count). The number of carboxylic acid groups (broad SMARTS) is 1. The van der Waals surface area contributed by atoms with E-state index < -0.39 is 6.09 Å². The minimum Gasteiger partial charge on any atom is -0.465 e. The van der Waals surface area contributed by atoms with Crippen LogP contribution in [0.4, 0.5) is 10.6 Å². The summed E-state index contributed by atoms with van der Waals surface area (Å²) >= 11 is 0. The Kier molecular flexibility index (Phi) is 4.94. The molecule has 5 nitrogen and oxygen atoms in total. The molecule has 0 saturated heterocycles. The second kappa shape index (κ2) is 6.55. The van der Waals surface area contributed by atoms with Gasteiger partial charge in [-0.3, -0.25) is 0 Å². The van der Waals surface area contributed by atoms with Gasteiger partial charge in [-0.25, -0.2) is 9.78 Å². The van der Waals surface area contributed by atoms with Gasteiger partial charge in [0.05, 0.1) is 0 Å². The molecule has 1 aliphatic rings. The van der Waals surface area contributed by atoms with Crippen LogP contribution in [-0.2, 0) is 0 Å². The highest BCUT2D eigenvalue weighted by atomic mass is 16.4. The molecule has 1 aliphatic carbocycles. The largest absolute Gasteiger partial charge is 0.465 e. The molecule has 1 fully saturated rings. The van der Waals surface area contributed by atoms with Crippen LogP contribution in [0.2, 0.25) is 0 Å². The van der Waals surface area contributed by atoms with Crippen molar-refractivity contribution in [1.82, 2.24) is 9.88 Å². The lowest BCUT2D eigenvalue weighted by molar-refractivity contribution is 0.0556. The zero-order valence-electron chi connectivity index (χ0n) is 14.0. The molecule has 0 radical (unpaired) electrons. The van der Waals surface area contributed by atoms with Crippen LogP contribution in [0.5, 0.6) is 0 Å². The van der Waals surface area contributed by atoms with E-state index in [-0.39, 0.29) is 11.6 Å². The summed E-state index contributed by atoms with van der Waals surface area (Å²) in [6.45, 7) is 7.90. The van der Waals surface area contributed by atoms with Gasteiger partial charge in [0.1, 0.15) is 5.82 Å². The molecular formula is C17H27N3O2. The normalized spacial score (nSPS) is 22.2. The smallest absolute Gasteiger partial charge is 0.407 e. The quantitative estimate of drug-likeness (QED) is 0.889. The molecule has 0 unspecified atom stereocenters. The van der Waals surface area contributed by atoms with Crippen molar-refractivity contribution in [3.63, 3.8) is 0 Å². The minimum atomic E-state index is -0.816. The van der Waals surface area contributed by atoms with Gasteiger partial charge in [-0.15, -0.1) is 0 Å². The molecule has 1 aromatic rings. The van der Waals surface area contributed by atoms with E-state index in [9.17, 15) is 9.90 Å². The van der Waals surface area contributed by atoms with E-state index in [2.05, 4.69) is 10.3 Å². The minimum absolute atomic E-state index is 0.113. The number of hydrogen-bond donors (Lipinski definition) is 2. The Morgan fingerprint density at radius 1 is 1.27 bits per heavy atom. The van der Waals surface area contributed by atoms with Crippen LogP contribution in [0.1, 0.15) is 52.0 Å².